The van der Waals surface area contributed by atoms with Crippen LogP contribution in [0.5, 0.6) is 0 Å². The molecule has 1 heterocycles. The number of aliphatic hydroxyl groups is 1. The molecule has 1 aliphatic rings. The molecule has 0 bridgehead atoms. The Labute approximate surface area is 146 Å². The Bertz CT molecular complexity index is 803. The molecule has 5 heteroatoms. The van der Waals surface area contributed by atoms with Gasteiger partial charge in [0.15, 0.2) is 5.78 Å². The maximum Gasteiger partial charge on any atom is 0.166 e. The predicted molar refractivity (Wildman–Crippen MR) is 92.7 cm³/mol. The minimum absolute atomic E-state index is 0.0387. The van der Waals surface area contributed by atoms with Crippen molar-refractivity contribution >= 4 is 11.5 Å². The lowest BCUT2D eigenvalue weighted by molar-refractivity contribution is 0.0900. The maximum atomic E-state index is 14.1. The van der Waals surface area contributed by atoms with E-state index in [1.54, 1.807) is 36.4 Å². The Morgan fingerprint density at radius 2 is 1.88 bits per heavy atom. The Kier molecular flexibility index (Phi) is 5.11. The molecule has 0 amide bonds. The molecule has 1 N–H and O–H groups in total. The molecule has 0 aromatic heterocycles. The molecule has 0 atom stereocenters. The van der Waals surface area contributed by atoms with Crippen LogP contribution in [0.25, 0.3) is 0 Å². The number of benzene rings is 2. The highest BCUT2D eigenvalue weighted by Gasteiger charge is 2.27. The first-order valence-corrected chi connectivity index (χ1v) is 8.31. The number of hydrogen-bond donors (Lipinski definition) is 1. The SMILES string of the molecule is N#Cc1ccc(N2CCC(C(=O)c3ccc(CO)cc3)CC2)c(F)c1. The Morgan fingerprint density at radius 3 is 2.44 bits per heavy atom. The van der Waals surface area contributed by atoms with Gasteiger partial charge in [-0.1, -0.05) is 24.3 Å². The lowest BCUT2D eigenvalue weighted by Gasteiger charge is -2.33. The highest BCUT2D eigenvalue weighted by Crippen LogP contribution is 2.28. The average molecular weight is 338 g/mol. The number of carbonyl (C=O) groups excluding carboxylic acids is 1. The number of Topliss-reactive ketones (excluding diaryl/α,β-unsaturated/α-hetero) is 1. The summed E-state index contributed by atoms with van der Waals surface area (Å²) < 4.78 is 14.1. The van der Waals surface area contributed by atoms with E-state index in [9.17, 15) is 9.18 Å². The first-order valence-electron chi connectivity index (χ1n) is 8.31. The minimum atomic E-state index is -0.400. The number of nitrogens with zero attached hydrogens (tertiary/aromatic N) is 2. The molecule has 0 unspecified atom stereocenters. The predicted octanol–water partition coefficient (Wildman–Crippen LogP) is 3.29. The third kappa shape index (κ3) is 3.70. The molecule has 0 spiro atoms. The van der Waals surface area contributed by atoms with Gasteiger partial charge in [-0.05, 0) is 36.6 Å². The molecule has 0 saturated carbocycles. The van der Waals surface area contributed by atoms with Crippen LogP contribution in [0.1, 0.15) is 34.3 Å². The van der Waals surface area contributed by atoms with Crippen LogP contribution in [0.3, 0.4) is 0 Å². The molecule has 2 aromatic carbocycles. The lowest BCUT2D eigenvalue weighted by Crippen LogP contribution is -2.36. The fourth-order valence-electron chi connectivity index (χ4n) is 3.23. The Balaban J connectivity index is 1.65. The minimum Gasteiger partial charge on any atom is -0.392 e. The maximum absolute atomic E-state index is 14.1. The Hall–Kier alpha value is -2.71. The smallest absolute Gasteiger partial charge is 0.166 e. The number of rotatable bonds is 4. The summed E-state index contributed by atoms with van der Waals surface area (Å²) in [5, 5.41) is 17.9. The standard InChI is InChI=1S/C20H19FN2O2/c21-18-11-15(12-22)3-6-19(18)23-9-7-17(8-10-23)20(25)16-4-1-14(13-24)2-5-16/h1-6,11,17,24H,7-10,13H2. The zero-order valence-corrected chi connectivity index (χ0v) is 13.8. The summed E-state index contributed by atoms with van der Waals surface area (Å²) >= 11 is 0. The summed E-state index contributed by atoms with van der Waals surface area (Å²) in [5.74, 6) is -0.370. The van der Waals surface area contributed by atoms with Crippen molar-refractivity contribution in [3.8, 4) is 6.07 Å². The van der Waals surface area contributed by atoms with Crippen molar-refractivity contribution < 1.29 is 14.3 Å². The van der Waals surface area contributed by atoms with Crippen LogP contribution in [0.4, 0.5) is 10.1 Å². The number of ketones is 1. The number of anilines is 1. The van der Waals surface area contributed by atoms with Gasteiger partial charge in [0.1, 0.15) is 5.82 Å². The second kappa shape index (κ2) is 7.45. The van der Waals surface area contributed by atoms with Crippen molar-refractivity contribution in [3.63, 3.8) is 0 Å². The van der Waals surface area contributed by atoms with E-state index in [4.69, 9.17) is 10.4 Å². The number of aliphatic hydroxyl groups excluding tert-OH is 1. The van der Waals surface area contributed by atoms with Gasteiger partial charge in [0, 0.05) is 24.6 Å². The Morgan fingerprint density at radius 1 is 1.20 bits per heavy atom. The van der Waals surface area contributed by atoms with Crippen LogP contribution in [0.15, 0.2) is 42.5 Å². The van der Waals surface area contributed by atoms with Crippen molar-refractivity contribution in [3.05, 3.63) is 65.0 Å². The molecular weight excluding hydrogens is 319 g/mol. The van der Waals surface area contributed by atoms with Gasteiger partial charge < -0.3 is 10.0 Å². The summed E-state index contributed by atoms with van der Waals surface area (Å²) in [6, 6.07) is 13.4. The van der Waals surface area contributed by atoms with E-state index in [1.165, 1.54) is 6.07 Å². The number of piperidine rings is 1. The molecule has 0 aliphatic carbocycles. The van der Waals surface area contributed by atoms with E-state index >= 15 is 0 Å². The molecular formula is C20H19FN2O2. The van der Waals surface area contributed by atoms with Gasteiger partial charge in [-0.3, -0.25) is 4.79 Å². The van der Waals surface area contributed by atoms with Gasteiger partial charge in [-0.2, -0.15) is 5.26 Å². The van der Waals surface area contributed by atoms with Crippen LogP contribution >= 0.6 is 0 Å². The van der Waals surface area contributed by atoms with Gasteiger partial charge in [0.05, 0.1) is 23.9 Å². The van der Waals surface area contributed by atoms with Crippen LogP contribution in [-0.4, -0.2) is 24.0 Å². The van der Waals surface area contributed by atoms with Crippen LogP contribution in [-0.2, 0) is 6.61 Å². The average Bonchev–Trinajstić information content (AvgIpc) is 2.67. The number of carbonyl (C=O) groups is 1. The molecule has 128 valence electrons. The second-order valence-electron chi connectivity index (χ2n) is 6.26. The highest BCUT2D eigenvalue weighted by atomic mass is 19.1. The number of hydrogen-bond acceptors (Lipinski definition) is 4. The first-order chi connectivity index (χ1) is 12.1. The van der Waals surface area contributed by atoms with Crippen molar-refractivity contribution in [1.29, 1.82) is 5.26 Å². The van der Waals surface area contributed by atoms with E-state index in [1.807, 2.05) is 11.0 Å². The van der Waals surface area contributed by atoms with Crippen molar-refractivity contribution in [1.82, 2.24) is 0 Å². The van der Waals surface area contributed by atoms with Gasteiger partial charge in [0.25, 0.3) is 0 Å². The van der Waals surface area contributed by atoms with E-state index in [0.717, 1.165) is 5.56 Å². The van der Waals surface area contributed by atoms with Gasteiger partial charge in [0.2, 0.25) is 0 Å². The van der Waals surface area contributed by atoms with Crippen molar-refractivity contribution in [2.45, 2.75) is 19.4 Å². The second-order valence-corrected chi connectivity index (χ2v) is 6.26. The van der Waals surface area contributed by atoms with Gasteiger partial charge in [-0.25, -0.2) is 4.39 Å². The lowest BCUT2D eigenvalue weighted by atomic mass is 9.88. The summed E-state index contributed by atoms with van der Waals surface area (Å²) in [6.07, 6.45) is 1.33. The fourth-order valence-corrected chi connectivity index (χ4v) is 3.23. The third-order valence-electron chi connectivity index (χ3n) is 4.70. The summed E-state index contributed by atoms with van der Waals surface area (Å²) in [7, 11) is 0. The molecule has 0 radical (unpaired) electrons. The largest absolute Gasteiger partial charge is 0.392 e. The van der Waals surface area contributed by atoms with Crippen molar-refractivity contribution in [2.75, 3.05) is 18.0 Å². The number of nitriles is 1. The highest BCUT2D eigenvalue weighted by molar-refractivity contribution is 5.98. The first kappa shape index (κ1) is 17.1. The molecule has 25 heavy (non-hydrogen) atoms. The zero-order valence-electron chi connectivity index (χ0n) is 13.8. The zero-order chi connectivity index (χ0) is 17.8. The molecule has 1 saturated heterocycles. The fraction of sp³-hybridized carbons (Fsp3) is 0.300. The molecule has 2 aromatic rings. The molecule has 1 fully saturated rings. The van der Waals surface area contributed by atoms with E-state index < -0.39 is 5.82 Å². The summed E-state index contributed by atoms with van der Waals surface area (Å²) in [6.45, 7) is 1.17. The third-order valence-corrected chi connectivity index (χ3v) is 4.70. The van der Waals surface area contributed by atoms with E-state index in [0.29, 0.717) is 42.7 Å². The topological polar surface area (TPSA) is 64.3 Å². The number of halogens is 1. The van der Waals surface area contributed by atoms with Gasteiger partial charge >= 0.3 is 0 Å². The van der Waals surface area contributed by atoms with Crippen LogP contribution in [0.2, 0.25) is 0 Å². The summed E-state index contributed by atoms with van der Waals surface area (Å²) in [4.78, 5) is 14.5. The van der Waals surface area contributed by atoms with E-state index in [2.05, 4.69) is 0 Å². The molecule has 1 aliphatic heterocycles. The molecule has 4 nitrogen and oxygen atoms in total. The normalized spacial score (nSPS) is 15.0. The van der Waals surface area contributed by atoms with Crippen LogP contribution in [0, 0.1) is 23.1 Å². The van der Waals surface area contributed by atoms with Gasteiger partial charge in [-0.15, -0.1) is 0 Å². The van der Waals surface area contributed by atoms with Crippen molar-refractivity contribution in [2.24, 2.45) is 5.92 Å². The van der Waals surface area contributed by atoms with E-state index in [-0.39, 0.29) is 18.3 Å². The quantitative estimate of drug-likeness (QED) is 0.869. The van der Waals surface area contributed by atoms with Crippen LogP contribution < -0.4 is 4.90 Å². The monoisotopic (exact) mass is 338 g/mol. The summed E-state index contributed by atoms with van der Waals surface area (Å²) in [5.41, 5.74) is 2.22. The molecule has 3 rings (SSSR count).